The second-order valence-electron chi connectivity index (χ2n) is 4.20. The van der Waals surface area contributed by atoms with Crippen molar-refractivity contribution < 1.29 is 8.42 Å². The van der Waals surface area contributed by atoms with E-state index in [1.54, 1.807) is 36.5 Å². The predicted octanol–water partition coefficient (Wildman–Crippen LogP) is 4.15. The summed E-state index contributed by atoms with van der Waals surface area (Å²) in [5.41, 5.74) is 1.47. The molecule has 0 spiro atoms. The third-order valence-corrected chi connectivity index (χ3v) is 4.44. The molecule has 0 unspecified atom stereocenters. The van der Waals surface area contributed by atoms with Crippen molar-refractivity contribution in [3.63, 3.8) is 0 Å². The van der Waals surface area contributed by atoms with Crippen LogP contribution in [0, 0.1) is 0 Å². The maximum Gasteiger partial charge on any atom is 0.175 e. The van der Waals surface area contributed by atoms with Crippen LogP contribution in [0.2, 0.25) is 10.0 Å². The van der Waals surface area contributed by atoms with Crippen molar-refractivity contribution in [2.45, 2.75) is 4.90 Å². The summed E-state index contributed by atoms with van der Waals surface area (Å²) in [6, 6.07) is 11.5. The van der Waals surface area contributed by atoms with Crippen LogP contribution < -0.4 is 0 Å². The lowest BCUT2D eigenvalue weighted by Gasteiger charge is -1.99. The Bertz CT molecular complexity index is 753. The van der Waals surface area contributed by atoms with E-state index in [-0.39, 0.29) is 4.90 Å². The number of benzene rings is 2. The fourth-order valence-corrected chi connectivity index (χ4v) is 2.46. The highest BCUT2D eigenvalue weighted by atomic mass is 35.5. The Morgan fingerprint density at radius 1 is 1.00 bits per heavy atom. The van der Waals surface area contributed by atoms with Gasteiger partial charge in [-0.3, -0.25) is 4.99 Å². The van der Waals surface area contributed by atoms with Gasteiger partial charge in [-0.15, -0.1) is 0 Å². The lowest BCUT2D eigenvalue weighted by atomic mass is 10.2. The number of sulfone groups is 1. The van der Waals surface area contributed by atoms with Crippen molar-refractivity contribution in [1.82, 2.24) is 0 Å². The lowest BCUT2D eigenvalue weighted by Crippen LogP contribution is -1.95. The fourth-order valence-electron chi connectivity index (χ4n) is 1.52. The Balaban J connectivity index is 2.21. The molecule has 20 heavy (non-hydrogen) atoms. The Labute approximate surface area is 127 Å². The van der Waals surface area contributed by atoms with Crippen molar-refractivity contribution in [1.29, 1.82) is 0 Å². The molecule has 104 valence electrons. The largest absolute Gasteiger partial charge is 0.256 e. The molecule has 0 fully saturated rings. The molecular formula is C14H11Cl2NO2S. The zero-order chi connectivity index (χ0) is 14.8. The maximum absolute atomic E-state index is 11.3. The van der Waals surface area contributed by atoms with E-state index >= 15 is 0 Å². The van der Waals surface area contributed by atoms with Crippen LogP contribution in [0.25, 0.3) is 0 Å². The van der Waals surface area contributed by atoms with Crippen molar-refractivity contribution in [2.24, 2.45) is 4.99 Å². The van der Waals surface area contributed by atoms with Crippen molar-refractivity contribution in [3.05, 3.63) is 58.1 Å². The molecule has 0 N–H and O–H groups in total. The minimum absolute atomic E-state index is 0.269. The molecule has 0 heterocycles. The summed E-state index contributed by atoms with van der Waals surface area (Å²) in [6.07, 6.45) is 2.80. The summed E-state index contributed by atoms with van der Waals surface area (Å²) in [4.78, 5) is 4.52. The maximum atomic E-state index is 11.3. The highest BCUT2D eigenvalue weighted by molar-refractivity contribution is 7.90. The van der Waals surface area contributed by atoms with Gasteiger partial charge < -0.3 is 0 Å². The van der Waals surface area contributed by atoms with Crippen LogP contribution in [0.5, 0.6) is 0 Å². The summed E-state index contributed by atoms with van der Waals surface area (Å²) in [7, 11) is -3.18. The highest BCUT2D eigenvalue weighted by Crippen LogP contribution is 2.22. The first-order valence-corrected chi connectivity index (χ1v) is 8.30. The van der Waals surface area contributed by atoms with E-state index in [1.807, 2.05) is 0 Å². The average molecular weight is 328 g/mol. The van der Waals surface area contributed by atoms with Gasteiger partial charge in [-0.25, -0.2) is 8.42 Å². The number of hydrogen-bond donors (Lipinski definition) is 0. The van der Waals surface area contributed by atoms with Crippen molar-refractivity contribution in [2.75, 3.05) is 6.26 Å². The van der Waals surface area contributed by atoms with Crippen LogP contribution >= 0.6 is 23.2 Å². The lowest BCUT2D eigenvalue weighted by molar-refractivity contribution is 0.602. The number of halogens is 2. The van der Waals surface area contributed by atoms with Gasteiger partial charge >= 0.3 is 0 Å². The SMILES string of the molecule is CS(=O)(=O)c1ccc(N=Cc2ccc(Cl)c(Cl)c2)cc1. The normalized spacial score (nSPS) is 11.9. The highest BCUT2D eigenvalue weighted by Gasteiger charge is 2.05. The van der Waals surface area contributed by atoms with Gasteiger partial charge in [-0.2, -0.15) is 0 Å². The summed E-state index contributed by atoms with van der Waals surface area (Å²) in [5.74, 6) is 0. The molecule has 0 amide bonds. The van der Waals surface area contributed by atoms with E-state index in [2.05, 4.69) is 4.99 Å². The summed E-state index contributed by atoms with van der Waals surface area (Å²) in [6.45, 7) is 0. The van der Waals surface area contributed by atoms with Crippen LogP contribution in [-0.4, -0.2) is 20.9 Å². The van der Waals surface area contributed by atoms with E-state index in [9.17, 15) is 8.42 Å². The number of nitrogens with zero attached hydrogens (tertiary/aromatic N) is 1. The summed E-state index contributed by atoms with van der Waals surface area (Å²) >= 11 is 11.7. The molecule has 0 radical (unpaired) electrons. The van der Waals surface area contributed by atoms with Crippen molar-refractivity contribution >= 4 is 44.9 Å². The molecule has 0 saturated carbocycles. The van der Waals surface area contributed by atoms with Crippen LogP contribution in [-0.2, 0) is 9.84 Å². The van der Waals surface area contributed by atoms with Gasteiger partial charge in [0, 0.05) is 12.5 Å². The minimum atomic E-state index is -3.18. The molecule has 0 saturated heterocycles. The van der Waals surface area contributed by atoms with Crippen LogP contribution in [0.15, 0.2) is 52.4 Å². The Hall–Kier alpha value is -1.36. The standard InChI is InChI=1S/C14H11Cl2NO2S/c1-20(18,19)12-5-3-11(4-6-12)17-9-10-2-7-13(15)14(16)8-10/h2-9H,1H3. The Morgan fingerprint density at radius 2 is 1.65 bits per heavy atom. The minimum Gasteiger partial charge on any atom is -0.256 e. The molecule has 2 aromatic rings. The number of hydrogen-bond acceptors (Lipinski definition) is 3. The molecule has 3 nitrogen and oxygen atoms in total. The monoisotopic (exact) mass is 327 g/mol. The third kappa shape index (κ3) is 3.82. The van der Waals surface area contributed by atoms with Crippen LogP contribution in [0.4, 0.5) is 5.69 Å². The molecule has 0 aliphatic heterocycles. The molecule has 2 aromatic carbocycles. The number of aliphatic imine (C=N–C) groups is 1. The first kappa shape index (κ1) is 15.0. The molecule has 6 heteroatoms. The molecule has 0 aliphatic rings. The van der Waals surface area contributed by atoms with Gasteiger partial charge in [0.1, 0.15) is 0 Å². The zero-order valence-corrected chi connectivity index (χ0v) is 12.9. The van der Waals surface area contributed by atoms with Gasteiger partial charge in [0.05, 0.1) is 20.6 Å². The molecule has 2 rings (SSSR count). The van der Waals surface area contributed by atoms with Gasteiger partial charge in [-0.05, 0) is 42.0 Å². The third-order valence-electron chi connectivity index (χ3n) is 2.57. The van der Waals surface area contributed by atoms with Gasteiger partial charge in [-0.1, -0.05) is 29.3 Å². The van der Waals surface area contributed by atoms with E-state index in [4.69, 9.17) is 23.2 Å². The zero-order valence-electron chi connectivity index (χ0n) is 10.5. The molecule has 0 aromatic heterocycles. The van der Waals surface area contributed by atoms with E-state index < -0.39 is 9.84 Å². The van der Waals surface area contributed by atoms with Gasteiger partial charge in [0.15, 0.2) is 9.84 Å². The molecule has 0 aliphatic carbocycles. The van der Waals surface area contributed by atoms with Crippen LogP contribution in [0.3, 0.4) is 0 Å². The molecular weight excluding hydrogens is 317 g/mol. The smallest absolute Gasteiger partial charge is 0.175 e. The average Bonchev–Trinajstić information content (AvgIpc) is 2.40. The van der Waals surface area contributed by atoms with Gasteiger partial charge in [0.25, 0.3) is 0 Å². The Morgan fingerprint density at radius 3 is 2.20 bits per heavy atom. The second-order valence-corrected chi connectivity index (χ2v) is 7.03. The van der Waals surface area contributed by atoms with E-state index in [0.717, 1.165) is 5.56 Å². The number of rotatable bonds is 3. The van der Waals surface area contributed by atoms with Crippen molar-refractivity contribution in [3.8, 4) is 0 Å². The quantitative estimate of drug-likeness (QED) is 0.795. The first-order valence-electron chi connectivity index (χ1n) is 5.65. The second kappa shape index (κ2) is 5.95. The van der Waals surface area contributed by atoms with E-state index in [1.165, 1.54) is 18.4 Å². The van der Waals surface area contributed by atoms with E-state index in [0.29, 0.717) is 15.7 Å². The molecule has 0 atom stereocenters. The predicted molar refractivity (Wildman–Crippen MR) is 83.3 cm³/mol. The summed E-state index contributed by atoms with van der Waals surface area (Å²) in [5, 5.41) is 0.948. The topological polar surface area (TPSA) is 46.5 Å². The molecule has 0 bridgehead atoms. The fraction of sp³-hybridized carbons (Fsp3) is 0.0714. The first-order chi connectivity index (χ1) is 9.36. The Kier molecular flexibility index (Phi) is 4.48. The van der Waals surface area contributed by atoms with Crippen LogP contribution in [0.1, 0.15) is 5.56 Å². The summed E-state index contributed by atoms with van der Waals surface area (Å²) < 4.78 is 22.7. The van der Waals surface area contributed by atoms with Gasteiger partial charge in [0.2, 0.25) is 0 Å².